The Balaban J connectivity index is 1.78. The summed E-state index contributed by atoms with van der Waals surface area (Å²) in [6.45, 7) is 2.54. The molecule has 1 aliphatic carbocycles. The molecule has 0 fully saturated rings. The van der Waals surface area contributed by atoms with Gasteiger partial charge in [0.2, 0.25) is 11.8 Å². The zero-order chi connectivity index (χ0) is 16.7. The molecule has 0 spiro atoms. The van der Waals surface area contributed by atoms with Gasteiger partial charge in [-0.3, -0.25) is 9.59 Å². The molecule has 23 heavy (non-hydrogen) atoms. The van der Waals surface area contributed by atoms with E-state index in [-0.39, 0.29) is 36.8 Å². The maximum absolute atomic E-state index is 12.0. The first-order valence-electron chi connectivity index (χ1n) is 7.96. The van der Waals surface area contributed by atoms with E-state index in [1.165, 1.54) is 6.92 Å². The van der Waals surface area contributed by atoms with E-state index >= 15 is 0 Å². The lowest BCUT2D eigenvalue weighted by atomic mass is 10.1. The Morgan fingerprint density at radius 1 is 1.26 bits per heavy atom. The monoisotopic (exact) mass is 316 g/mol. The molecule has 0 unspecified atom stereocenters. The molecule has 2 amide bonds. The Morgan fingerprint density at radius 3 is 2.61 bits per heavy atom. The van der Waals surface area contributed by atoms with Gasteiger partial charge in [-0.05, 0) is 12.0 Å². The van der Waals surface area contributed by atoms with Crippen molar-refractivity contribution in [1.82, 2.24) is 10.2 Å². The number of carbonyl (C=O) groups excluding carboxylic acids is 2. The molecule has 2 rings (SSSR count). The molecule has 0 saturated carbocycles. The van der Waals surface area contributed by atoms with Gasteiger partial charge in [0.05, 0.1) is 0 Å². The number of amides is 2. The van der Waals surface area contributed by atoms with Crippen LogP contribution in [0.15, 0.2) is 42.5 Å². The van der Waals surface area contributed by atoms with E-state index in [1.807, 2.05) is 42.5 Å². The van der Waals surface area contributed by atoms with E-state index in [0.29, 0.717) is 13.1 Å². The van der Waals surface area contributed by atoms with Crippen LogP contribution in [-0.2, 0) is 16.1 Å². The van der Waals surface area contributed by atoms with Gasteiger partial charge in [-0.2, -0.15) is 0 Å². The van der Waals surface area contributed by atoms with Crippen molar-refractivity contribution < 1.29 is 14.7 Å². The van der Waals surface area contributed by atoms with E-state index in [9.17, 15) is 9.59 Å². The standard InChI is InChI=1S/C18H24N2O3/c1-14(22)20(12-15-5-3-2-4-6-15)10-9-18(23)19-17-8-7-16(11-17)13-21/h2-8,16-17,21H,9-13H2,1H3,(H,19,23)/t16-,17+/m0/s1. The Bertz CT molecular complexity index is 557. The highest BCUT2D eigenvalue weighted by Gasteiger charge is 2.20. The van der Waals surface area contributed by atoms with Crippen molar-refractivity contribution in [3.8, 4) is 0 Å². The lowest BCUT2D eigenvalue weighted by molar-refractivity contribution is -0.130. The van der Waals surface area contributed by atoms with Crippen LogP contribution in [0, 0.1) is 5.92 Å². The molecule has 0 radical (unpaired) electrons. The minimum Gasteiger partial charge on any atom is -0.396 e. The fraction of sp³-hybridized carbons (Fsp3) is 0.444. The summed E-state index contributed by atoms with van der Waals surface area (Å²) in [6.07, 6.45) is 4.87. The van der Waals surface area contributed by atoms with Crippen molar-refractivity contribution in [1.29, 1.82) is 0 Å². The van der Waals surface area contributed by atoms with E-state index in [2.05, 4.69) is 5.32 Å². The number of rotatable bonds is 7. The summed E-state index contributed by atoms with van der Waals surface area (Å²) < 4.78 is 0. The van der Waals surface area contributed by atoms with Crippen LogP contribution in [0.2, 0.25) is 0 Å². The number of aliphatic hydroxyl groups is 1. The highest BCUT2D eigenvalue weighted by atomic mass is 16.3. The van der Waals surface area contributed by atoms with Gasteiger partial charge in [0, 0.05) is 45.0 Å². The number of aliphatic hydroxyl groups excluding tert-OH is 1. The molecule has 5 nitrogen and oxygen atoms in total. The lowest BCUT2D eigenvalue weighted by Crippen LogP contribution is -2.37. The third kappa shape index (κ3) is 5.53. The van der Waals surface area contributed by atoms with E-state index in [0.717, 1.165) is 12.0 Å². The number of hydrogen-bond donors (Lipinski definition) is 2. The molecule has 0 heterocycles. The fourth-order valence-corrected chi connectivity index (χ4v) is 2.68. The molecular formula is C18H24N2O3. The van der Waals surface area contributed by atoms with Crippen LogP contribution in [0.4, 0.5) is 0 Å². The van der Waals surface area contributed by atoms with Gasteiger partial charge in [0.1, 0.15) is 0 Å². The van der Waals surface area contributed by atoms with Crippen molar-refractivity contribution in [3.63, 3.8) is 0 Å². The van der Waals surface area contributed by atoms with E-state index in [4.69, 9.17) is 5.11 Å². The summed E-state index contributed by atoms with van der Waals surface area (Å²) in [5, 5.41) is 12.0. The van der Waals surface area contributed by atoms with Crippen molar-refractivity contribution in [3.05, 3.63) is 48.0 Å². The first-order chi connectivity index (χ1) is 11.1. The lowest BCUT2D eigenvalue weighted by Gasteiger charge is -2.21. The fourth-order valence-electron chi connectivity index (χ4n) is 2.68. The van der Waals surface area contributed by atoms with Crippen LogP contribution in [-0.4, -0.2) is 41.0 Å². The number of hydrogen-bond acceptors (Lipinski definition) is 3. The molecule has 2 atom stereocenters. The summed E-state index contributed by atoms with van der Waals surface area (Å²) in [5.41, 5.74) is 1.05. The third-order valence-electron chi connectivity index (χ3n) is 4.02. The minimum absolute atomic E-state index is 0.0143. The zero-order valence-electron chi connectivity index (χ0n) is 13.4. The first-order valence-corrected chi connectivity index (χ1v) is 7.96. The molecule has 124 valence electrons. The van der Waals surface area contributed by atoms with Crippen LogP contribution in [0.1, 0.15) is 25.3 Å². The van der Waals surface area contributed by atoms with Crippen molar-refractivity contribution in [2.45, 2.75) is 32.4 Å². The smallest absolute Gasteiger partial charge is 0.222 e. The van der Waals surface area contributed by atoms with Crippen LogP contribution < -0.4 is 5.32 Å². The van der Waals surface area contributed by atoms with Gasteiger partial charge in [-0.15, -0.1) is 0 Å². The molecule has 1 aromatic rings. The van der Waals surface area contributed by atoms with Gasteiger partial charge in [0.25, 0.3) is 0 Å². The third-order valence-corrected chi connectivity index (χ3v) is 4.02. The summed E-state index contributed by atoms with van der Waals surface area (Å²) >= 11 is 0. The second-order valence-corrected chi connectivity index (χ2v) is 5.91. The molecule has 0 aromatic heterocycles. The van der Waals surface area contributed by atoms with Gasteiger partial charge in [-0.1, -0.05) is 42.5 Å². The zero-order valence-corrected chi connectivity index (χ0v) is 13.4. The SMILES string of the molecule is CC(=O)N(CCC(=O)N[C@@H]1C=C[C@H](CO)C1)Cc1ccccc1. The second-order valence-electron chi connectivity index (χ2n) is 5.91. The van der Waals surface area contributed by atoms with Crippen LogP contribution in [0.5, 0.6) is 0 Å². The van der Waals surface area contributed by atoms with Gasteiger partial charge >= 0.3 is 0 Å². The summed E-state index contributed by atoms with van der Waals surface area (Å²) in [4.78, 5) is 25.4. The largest absolute Gasteiger partial charge is 0.396 e. The highest BCUT2D eigenvalue weighted by Crippen LogP contribution is 2.17. The summed E-state index contributed by atoms with van der Waals surface area (Å²) in [5.74, 6) is 0.0207. The Labute approximate surface area is 137 Å². The molecule has 1 aliphatic rings. The Kier molecular flexibility index (Phi) is 6.35. The maximum atomic E-state index is 12.0. The molecule has 5 heteroatoms. The van der Waals surface area contributed by atoms with Crippen molar-refractivity contribution >= 4 is 11.8 Å². The quantitative estimate of drug-likeness (QED) is 0.749. The van der Waals surface area contributed by atoms with Crippen LogP contribution in [0.25, 0.3) is 0 Å². The minimum atomic E-state index is -0.0717. The number of nitrogens with zero attached hydrogens (tertiary/aromatic N) is 1. The van der Waals surface area contributed by atoms with Crippen LogP contribution in [0.3, 0.4) is 0 Å². The van der Waals surface area contributed by atoms with Gasteiger partial charge < -0.3 is 15.3 Å². The molecule has 0 saturated heterocycles. The van der Waals surface area contributed by atoms with Crippen LogP contribution >= 0.6 is 0 Å². The predicted molar refractivity (Wildman–Crippen MR) is 88.4 cm³/mol. The number of carbonyl (C=O) groups is 2. The van der Waals surface area contributed by atoms with Gasteiger partial charge in [-0.25, -0.2) is 0 Å². The predicted octanol–water partition coefficient (Wildman–Crippen LogP) is 1.48. The van der Waals surface area contributed by atoms with Crippen molar-refractivity contribution in [2.75, 3.05) is 13.2 Å². The molecule has 0 aliphatic heterocycles. The van der Waals surface area contributed by atoms with Crippen molar-refractivity contribution in [2.24, 2.45) is 5.92 Å². The maximum Gasteiger partial charge on any atom is 0.222 e. The van der Waals surface area contributed by atoms with E-state index < -0.39 is 0 Å². The number of benzene rings is 1. The van der Waals surface area contributed by atoms with Gasteiger partial charge in [0.15, 0.2) is 0 Å². The number of nitrogens with one attached hydrogen (secondary N) is 1. The normalized spacial score (nSPS) is 19.6. The second kappa shape index (κ2) is 8.48. The average molecular weight is 316 g/mol. The molecule has 0 bridgehead atoms. The highest BCUT2D eigenvalue weighted by molar-refractivity contribution is 5.78. The topological polar surface area (TPSA) is 69.6 Å². The summed E-state index contributed by atoms with van der Waals surface area (Å²) in [6, 6.07) is 9.72. The molecule has 2 N–H and O–H groups in total. The molecular weight excluding hydrogens is 292 g/mol. The molecule has 1 aromatic carbocycles. The Morgan fingerprint density at radius 2 is 2.00 bits per heavy atom. The van der Waals surface area contributed by atoms with E-state index in [1.54, 1.807) is 4.90 Å². The first kappa shape index (κ1) is 17.2. The average Bonchev–Trinajstić information content (AvgIpc) is 2.99. The Hall–Kier alpha value is -2.14. The summed E-state index contributed by atoms with van der Waals surface area (Å²) in [7, 11) is 0.